The summed E-state index contributed by atoms with van der Waals surface area (Å²) in [5, 5.41) is 0.574. The van der Waals surface area contributed by atoms with Crippen LogP contribution in [0.4, 0.5) is 5.69 Å². The van der Waals surface area contributed by atoms with Crippen molar-refractivity contribution in [2.24, 2.45) is 11.8 Å². The fraction of sp³-hybridized carbons (Fsp3) is 0.385. The SMILES string of the molecule is O=C1C2CCCC2C(=O)N1c1ccc(Cl)cc1Br. The Morgan fingerprint density at radius 3 is 2.33 bits per heavy atom. The van der Waals surface area contributed by atoms with Gasteiger partial charge in [-0.05, 0) is 47.0 Å². The van der Waals surface area contributed by atoms with Crippen molar-refractivity contribution < 1.29 is 9.59 Å². The molecule has 0 N–H and O–H groups in total. The molecule has 1 heterocycles. The van der Waals surface area contributed by atoms with Crippen molar-refractivity contribution in [2.75, 3.05) is 4.90 Å². The van der Waals surface area contributed by atoms with Gasteiger partial charge in [-0.25, -0.2) is 4.90 Å². The highest BCUT2D eigenvalue weighted by atomic mass is 79.9. The van der Waals surface area contributed by atoms with E-state index in [0.29, 0.717) is 15.2 Å². The van der Waals surface area contributed by atoms with Gasteiger partial charge in [-0.1, -0.05) is 18.0 Å². The van der Waals surface area contributed by atoms with Gasteiger partial charge in [0.15, 0.2) is 0 Å². The number of carbonyl (C=O) groups excluding carboxylic acids is 2. The maximum Gasteiger partial charge on any atom is 0.237 e. The summed E-state index contributed by atoms with van der Waals surface area (Å²) in [7, 11) is 0. The van der Waals surface area contributed by atoms with Crippen LogP contribution in [0, 0.1) is 11.8 Å². The normalized spacial score (nSPS) is 26.9. The minimum atomic E-state index is -0.111. The number of carbonyl (C=O) groups is 2. The highest BCUT2D eigenvalue weighted by Gasteiger charge is 2.50. The molecule has 18 heavy (non-hydrogen) atoms. The van der Waals surface area contributed by atoms with Crippen molar-refractivity contribution in [3.63, 3.8) is 0 Å². The molecule has 2 fully saturated rings. The number of hydrogen-bond donors (Lipinski definition) is 0. The first-order chi connectivity index (χ1) is 8.59. The maximum absolute atomic E-state index is 12.3. The molecule has 2 atom stereocenters. The minimum absolute atomic E-state index is 0.0643. The number of benzene rings is 1. The Morgan fingerprint density at radius 2 is 1.78 bits per heavy atom. The first-order valence-corrected chi connectivity index (χ1v) is 7.09. The zero-order valence-electron chi connectivity index (χ0n) is 9.53. The van der Waals surface area contributed by atoms with E-state index in [-0.39, 0.29) is 23.7 Å². The lowest BCUT2D eigenvalue weighted by molar-refractivity contribution is -0.122. The largest absolute Gasteiger partial charge is 0.274 e. The first kappa shape index (κ1) is 12.2. The second kappa shape index (κ2) is 4.35. The van der Waals surface area contributed by atoms with Crippen LogP contribution in [0.25, 0.3) is 0 Å². The van der Waals surface area contributed by atoms with Gasteiger partial charge in [-0.2, -0.15) is 0 Å². The molecule has 94 valence electrons. The summed E-state index contributed by atoms with van der Waals surface area (Å²) in [5.74, 6) is -0.351. The third-order valence-electron chi connectivity index (χ3n) is 3.74. The molecule has 0 radical (unpaired) electrons. The Hall–Kier alpha value is -0.870. The third kappa shape index (κ3) is 1.70. The van der Waals surface area contributed by atoms with Crippen LogP contribution in [0.2, 0.25) is 5.02 Å². The van der Waals surface area contributed by atoms with Gasteiger partial charge in [0, 0.05) is 9.50 Å². The predicted molar refractivity (Wildman–Crippen MR) is 72.5 cm³/mol. The van der Waals surface area contributed by atoms with E-state index in [1.54, 1.807) is 18.2 Å². The lowest BCUT2D eigenvalue weighted by atomic mass is 10.00. The van der Waals surface area contributed by atoms with Gasteiger partial charge < -0.3 is 0 Å². The summed E-state index contributed by atoms with van der Waals surface area (Å²) in [6.45, 7) is 0. The van der Waals surface area contributed by atoms with E-state index < -0.39 is 0 Å². The fourth-order valence-electron chi connectivity index (χ4n) is 2.89. The second-order valence-corrected chi connectivity index (χ2v) is 6.04. The summed E-state index contributed by atoms with van der Waals surface area (Å²) >= 11 is 9.24. The molecular formula is C13H11BrClNO2. The Bertz CT molecular complexity index is 524. The number of hydrogen-bond acceptors (Lipinski definition) is 2. The summed E-state index contributed by atoms with van der Waals surface area (Å²) in [5.41, 5.74) is 0.601. The van der Waals surface area contributed by atoms with E-state index in [4.69, 9.17) is 11.6 Å². The number of rotatable bonds is 1. The van der Waals surface area contributed by atoms with E-state index in [9.17, 15) is 9.59 Å². The van der Waals surface area contributed by atoms with Gasteiger partial charge in [-0.3, -0.25) is 9.59 Å². The molecular weight excluding hydrogens is 318 g/mol. The maximum atomic E-state index is 12.3. The lowest BCUT2D eigenvalue weighted by Crippen LogP contribution is -2.31. The average molecular weight is 329 g/mol. The van der Waals surface area contributed by atoms with Crippen molar-refractivity contribution in [1.82, 2.24) is 0 Å². The molecule has 1 saturated carbocycles. The van der Waals surface area contributed by atoms with E-state index >= 15 is 0 Å². The van der Waals surface area contributed by atoms with Crippen molar-refractivity contribution in [3.05, 3.63) is 27.7 Å². The first-order valence-electron chi connectivity index (χ1n) is 5.92. The van der Waals surface area contributed by atoms with E-state index in [1.807, 2.05) is 0 Å². The van der Waals surface area contributed by atoms with Crippen molar-refractivity contribution in [2.45, 2.75) is 19.3 Å². The van der Waals surface area contributed by atoms with Gasteiger partial charge in [0.1, 0.15) is 0 Å². The van der Waals surface area contributed by atoms with Crippen molar-refractivity contribution >= 4 is 45.0 Å². The standard InChI is InChI=1S/C13H11BrClNO2/c14-10-6-7(15)4-5-11(10)16-12(17)8-2-1-3-9(8)13(16)18/h4-6,8-9H,1-3H2. The summed E-state index contributed by atoms with van der Waals surface area (Å²) in [6, 6.07) is 5.10. The summed E-state index contributed by atoms with van der Waals surface area (Å²) < 4.78 is 0.677. The molecule has 0 spiro atoms. The number of fused-ring (bicyclic) bond motifs is 1. The van der Waals surface area contributed by atoms with Crippen molar-refractivity contribution in [1.29, 1.82) is 0 Å². The molecule has 5 heteroatoms. The number of anilines is 1. The fourth-order valence-corrected chi connectivity index (χ4v) is 3.75. The number of halogens is 2. The zero-order chi connectivity index (χ0) is 12.9. The molecule has 3 nitrogen and oxygen atoms in total. The molecule has 2 amide bonds. The van der Waals surface area contributed by atoms with Gasteiger partial charge in [-0.15, -0.1) is 0 Å². The van der Waals surface area contributed by atoms with Crippen LogP contribution in [-0.2, 0) is 9.59 Å². The van der Waals surface area contributed by atoms with Crippen LogP contribution in [0.1, 0.15) is 19.3 Å². The molecule has 1 saturated heterocycles. The number of amides is 2. The van der Waals surface area contributed by atoms with E-state index in [2.05, 4.69) is 15.9 Å². The molecule has 1 aliphatic carbocycles. The van der Waals surface area contributed by atoms with Crippen LogP contribution >= 0.6 is 27.5 Å². The topological polar surface area (TPSA) is 37.4 Å². The Kier molecular flexibility index (Phi) is 2.94. The van der Waals surface area contributed by atoms with Crippen LogP contribution in [0.3, 0.4) is 0 Å². The van der Waals surface area contributed by atoms with E-state index in [0.717, 1.165) is 19.3 Å². The average Bonchev–Trinajstić information content (AvgIpc) is 2.87. The molecule has 2 aliphatic rings. The smallest absolute Gasteiger partial charge is 0.237 e. The molecule has 2 unspecified atom stereocenters. The summed E-state index contributed by atoms with van der Waals surface area (Å²) in [6.07, 6.45) is 2.64. The Morgan fingerprint density at radius 1 is 1.17 bits per heavy atom. The molecule has 3 rings (SSSR count). The van der Waals surface area contributed by atoms with E-state index in [1.165, 1.54) is 4.90 Å². The monoisotopic (exact) mass is 327 g/mol. The van der Waals surface area contributed by atoms with Gasteiger partial charge >= 0.3 is 0 Å². The van der Waals surface area contributed by atoms with Crippen LogP contribution in [0.15, 0.2) is 22.7 Å². The number of nitrogens with zero attached hydrogens (tertiary/aromatic N) is 1. The highest BCUT2D eigenvalue weighted by molar-refractivity contribution is 9.10. The Balaban J connectivity index is 2.02. The molecule has 1 aliphatic heterocycles. The van der Waals surface area contributed by atoms with Crippen LogP contribution < -0.4 is 4.90 Å². The molecule has 0 aromatic heterocycles. The second-order valence-electron chi connectivity index (χ2n) is 4.75. The quantitative estimate of drug-likeness (QED) is 0.741. The third-order valence-corrected chi connectivity index (χ3v) is 4.61. The molecule has 0 bridgehead atoms. The molecule has 1 aromatic rings. The zero-order valence-corrected chi connectivity index (χ0v) is 11.9. The Labute approximate surface area is 118 Å². The van der Waals surface area contributed by atoms with Crippen LogP contribution in [0.5, 0.6) is 0 Å². The summed E-state index contributed by atoms with van der Waals surface area (Å²) in [4.78, 5) is 25.9. The van der Waals surface area contributed by atoms with Gasteiger partial charge in [0.2, 0.25) is 11.8 Å². The minimum Gasteiger partial charge on any atom is -0.274 e. The highest BCUT2D eigenvalue weighted by Crippen LogP contribution is 2.43. The predicted octanol–water partition coefficient (Wildman–Crippen LogP) is 3.39. The van der Waals surface area contributed by atoms with Gasteiger partial charge in [0.25, 0.3) is 0 Å². The van der Waals surface area contributed by atoms with Crippen molar-refractivity contribution in [3.8, 4) is 0 Å². The van der Waals surface area contributed by atoms with Crippen LogP contribution in [-0.4, -0.2) is 11.8 Å². The molecule has 1 aromatic carbocycles. The number of imide groups is 1. The van der Waals surface area contributed by atoms with Gasteiger partial charge in [0.05, 0.1) is 17.5 Å². The lowest BCUT2D eigenvalue weighted by Gasteiger charge is -2.17.